The second-order valence-electron chi connectivity index (χ2n) is 10.9. The van der Waals surface area contributed by atoms with Gasteiger partial charge < -0.3 is 4.90 Å². The molecule has 0 aliphatic carbocycles. The van der Waals surface area contributed by atoms with Crippen LogP contribution in [0.5, 0.6) is 0 Å². The van der Waals surface area contributed by atoms with E-state index in [1.54, 1.807) is 48.2 Å². The van der Waals surface area contributed by atoms with Gasteiger partial charge in [-0.25, -0.2) is 0 Å². The molecule has 0 aromatic carbocycles. The van der Waals surface area contributed by atoms with Gasteiger partial charge in [0.2, 0.25) is 0 Å². The van der Waals surface area contributed by atoms with Crippen molar-refractivity contribution in [3.63, 3.8) is 0 Å². The van der Waals surface area contributed by atoms with Crippen molar-refractivity contribution in [2.75, 3.05) is 26.1 Å². The third kappa shape index (κ3) is 0.0983. The first-order chi connectivity index (χ1) is 7.89. The molecule has 10 fully saturated rings. The van der Waals surface area contributed by atoms with Gasteiger partial charge in [0, 0.05) is 0 Å². The molecule has 0 amide bonds. The minimum absolute atomic E-state index is 1.59. The summed E-state index contributed by atoms with van der Waals surface area (Å²) in [4.78, 5) is 19.9. The number of hydrogen-bond donors (Lipinski definition) is 0. The molecule has 0 unspecified atom stereocenters. The van der Waals surface area contributed by atoms with Crippen LogP contribution < -0.4 is 0 Å². The molecule has 0 atom stereocenters. The second-order valence-corrected chi connectivity index (χ2v) is 34.9. The van der Waals surface area contributed by atoms with Crippen LogP contribution in [-0.2, 0) is 6.51 Å². The fourth-order valence-electron chi connectivity index (χ4n) is 15.8. The summed E-state index contributed by atoms with van der Waals surface area (Å²) in [6.07, 6.45) is 0. The average Bonchev–Trinajstić information content (AvgIpc) is 3.25. The van der Waals surface area contributed by atoms with Gasteiger partial charge in [-0.3, -0.25) is 0 Å². The molecule has 10 aliphatic heterocycles. The molecule has 3 heteroatoms. The summed E-state index contributed by atoms with van der Waals surface area (Å²) in [6, 6.07) is 0. The number of hydrogen-bond acceptors (Lipinski definition) is 1. The van der Waals surface area contributed by atoms with Crippen molar-refractivity contribution in [2.24, 2.45) is 0 Å². The molecule has 1 spiro atoms. The first-order valence-corrected chi connectivity index (χ1v) is 15.6. The average molecular weight is 387 g/mol. The Morgan fingerprint density at radius 2 is 0.706 bits per heavy atom. The maximum atomic E-state index is 2.15. The predicted octanol–water partition coefficient (Wildman–Crippen LogP) is 4.60. The van der Waals surface area contributed by atoms with Crippen LogP contribution in [0.2, 0.25) is 48.2 Å². The van der Waals surface area contributed by atoms with Crippen LogP contribution in [-0.4, -0.2) is 31.0 Å². The predicted molar refractivity (Wildman–Crippen MR) is 77.1 cm³/mol. The van der Waals surface area contributed by atoms with Gasteiger partial charge in [0.05, 0.1) is 0 Å². The molecule has 0 bridgehead atoms. The Kier molecular flexibility index (Phi) is 0.360. The summed E-state index contributed by atoms with van der Waals surface area (Å²) in [6.45, 7) is -2.28. The molecular weight excluding hydrogens is 365 g/mol. The zero-order chi connectivity index (χ0) is 11.7. The van der Waals surface area contributed by atoms with E-state index in [4.69, 9.17) is 0 Å². The number of rotatable bonds is 0. The van der Waals surface area contributed by atoms with Gasteiger partial charge in [0.1, 0.15) is 0 Å². The van der Waals surface area contributed by atoms with Gasteiger partial charge in [-0.2, -0.15) is 0 Å². The molecule has 1 nitrogen and oxygen atoms in total. The molecular formula is C14H22FeIN. The van der Waals surface area contributed by atoms with Gasteiger partial charge in [-0.05, 0) is 26.1 Å². The monoisotopic (exact) mass is 387 g/mol. The Hall–Kier alpha value is 1.21. The van der Waals surface area contributed by atoms with E-state index in [0.717, 1.165) is 0 Å². The third-order valence-corrected chi connectivity index (χ3v) is 56.5. The van der Waals surface area contributed by atoms with Crippen LogP contribution in [0.25, 0.3) is 0 Å². The summed E-state index contributed by atoms with van der Waals surface area (Å²) in [5.74, 6) is 0. The van der Waals surface area contributed by atoms with Crippen LogP contribution in [0.15, 0.2) is 0 Å². The molecule has 0 N–H and O–H groups in total. The molecule has 17 heavy (non-hydrogen) atoms. The van der Waals surface area contributed by atoms with E-state index in [1.807, 2.05) is 31.0 Å². The van der Waals surface area contributed by atoms with E-state index in [9.17, 15) is 0 Å². The molecule has 0 aromatic rings. The maximum absolute atomic E-state index is 2.28. The minimum atomic E-state index is -2.28. The van der Waals surface area contributed by atoms with E-state index in [2.05, 4.69) is 22.6 Å². The zero-order valence-corrected chi connectivity index (χ0v) is 14.2. The van der Waals surface area contributed by atoms with E-state index in [1.165, 1.54) is 0 Å². The Labute approximate surface area is 108 Å². The fourth-order valence-corrected chi connectivity index (χ4v) is 88.0. The van der Waals surface area contributed by atoms with Crippen LogP contribution in [0, 0.1) is 0 Å². The van der Waals surface area contributed by atoms with Gasteiger partial charge in [0.15, 0.2) is 0 Å². The van der Waals surface area contributed by atoms with E-state index >= 15 is 0 Å². The zero-order valence-electron chi connectivity index (χ0n) is 11.0. The molecule has 0 radical (unpaired) electrons. The van der Waals surface area contributed by atoms with Crippen LogP contribution >= 0.6 is 22.6 Å². The summed E-state index contributed by atoms with van der Waals surface area (Å²) in [7, 11) is 6.00. The first-order valence-electron chi connectivity index (χ1n) is 7.09. The van der Waals surface area contributed by atoms with Crippen LogP contribution in [0.4, 0.5) is 0 Å². The van der Waals surface area contributed by atoms with Gasteiger partial charge in [-0.15, -0.1) is 0 Å². The molecule has 0 aromatic heterocycles. The van der Waals surface area contributed by atoms with E-state index in [-0.39, 0.29) is 0 Å². The standard InChI is InChI=1S/2C5H5.C3H9N.CH3I.Fe/c2*1-2-4-5-3-1;1-4(2)3;1-2;/h2*1-5H;1-3H3;1H3;. The molecule has 10 heterocycles. The quantitative estimate of drug-likeness (QED) is 0.334. The number of alkyl halides is 1. The summed E-state index contributed by atoms with van der Waals surface area (Å²) in [5, 5.41) is 0. The van der Waals surface area contributed by atoms with Gasteiger partial charge in [0.25, 0.3) is 0 Å². The van der Waals surface area contributed by atoms with Crippen molar-refractivity contribution < 1.29 is 6.51 Å². The van der Waals surface area contributed by atoms with Crippen molar-refractivity contribution in [1.82, 2.24) is 4.90 Å². The Bertz CT molecular complexity index is 625. The molecule has 10 rings (SSSR count). The number of halogens is 1. The van der Waals surface area contributed by atoms with Crippen LogP contribution in [0.3, 0.4) is 0 Å². The number of fused-ring (bicyclic) bond motifs is 10. The van der Waals surface area contributed by atoms with E-state index in [0.29, 0.717) is 0 Å². The fraction of sp³-hybridized carbons (Fsp3) is 1.00. The van der Waals surface area contributed by atoms with Gasteiger partial charge in [-0.1, -0.05) is 22.6 Å². The molecule has 10 saturated heterocycles. The van der Waals surface area contributed by atoms with Crippen molar-refractivity contribution >= 4 is 22.6 Å². The van der Waals surface area contributed by atoms with Gasteiger partial charge >= 0.3 is 54.7 Å². The van der Waals surface area contributed by atoms with Crippen molar-refractivity contribution in [3.05, 3.63) is 0 Å². The SMILES string of the molecule is CI.CN(C)C.[CH]12[CH]3[CH]4[CH]5[CH]1[Fe]23451678[CH]2[CH]1[CH]6[CH]7[CH]28. The molecule has 10 aliphatic rings. The van der Waals surface area contributed by atoms with Crippen LogP contribution in [0.1, 0.15) is 0 Å². The first kappa shape index (κ1) is 8.49. The molecule has 98 valence electrons. The number of nitrogens with zero attached hydrogens (tertiary/aromatic N) is 1. The normalized spacial score (nSPS) is 113. The van der Waals surface area contributed by atoms with Crippen molar-refractivity contribution in [2.45, 2.75) is 48.2 Å². The Morgan fingerprint density at radius 3 is 0.706 bits per heavy atom. The third-order valence-electron chi connectivity index (χ3n) is 14.5. The Morgan fingerprint density at radius 1 is 0.588 bits per heavy atom. The summed E-state index contributed by atoms with van der Waals surface area (Å²) < 4.78 is 0. The Balaban J connectivity index is 0.0000000968. The summed E-state index contributed by atoms with van der Waals surface area (Å²) >= 11 is 2.15. The van der Waals surface area contributed by atoms with Crippen molar-refractivity contribution in [1.29, 1.82) is 0 Å². The topological polar surface area (TPSA) is 3.24 Å². The summed E-state index contributed by atoms with van der Waals surface area (Å²) in [5.41, 5.74) is 0. The van der Waals surface area contributed by atoms with E-state index < -0.39 is 6.51 Å². The molecule has 0 saturated carbocycles. The second kappa shape index (κ2) is 0.721. The van der Waals surface area contributed by atoms with Crippen molar-refractivity contribution in [3.8, 4) is 0 Å².